The van der Waals surface area contributed by atoms with Crippen molar-refractivity contribution in [3.8, 4) is 0 Å². The number of ether oxygens (including phenoxy) is 1. The molecule has 1 saturated heterocycles. The second-order valence-electron chi connectivity index (χ2n) is 6.45. The number of nitrogens with zero attached hydrogens (tertiary/aromatic N) is 1. The fraction of sp³-hybridized carbons (Fsp3) is 0.556. The number of fused-ring (bicyclic) bond motifs is 1. The van der Waals surface area contributed by atoms with Crippen molar-refractivity contribution < 1.29 is 4.74 Å². The van der Waals surface area contributed by atoms with Gasteiger partial charge in [0.05, 0.1) is 0 Å². The van der Waals surface area contributed by atoms with Crippen molar-refractivity contribution in [2.75, 3.05) is 13.2 Å². The highest BCUT2D eigenvalue weighted by Crippen LogP contribution is 2.22. The quantitative estimate of drug-likeness (QED) is 0.909. The summed E-state index contributed by atoms with van der Waals surface area (Å²) in [7, 11) is 0. The van der Waals surface area contributed by atoms with E-state index in [1.54, 1.807) is 0 Å². The van der Waals surface area contributed by atoms with Crippen LogP contribution in [0, 0.1) is 5.92 Å². The first kappa shape index (κ1) is 14.6. The van der Waals surface area contributed by atoms with Crippen LogP contribution < -0.4 is 5.32 Å². The van der Waals surface area contributed by atoms with Crippen LogP contribution in [-0.4, -0.2) is 23.8 Å². The molecule has 114 valence electrons. The van der Waals surface area contributed by atoms with Crippen LogP contribution >= 0.6 is 0 Å². The molecule has 3 heteroatoms. The van der Waals surface area contributed by atoms with Gasteiger partial charge < -0.3 is 14.6 Å². The lowest BCUT2D eigenvalue weighted by Gasteiger charge is -2.23. The first-order valence-corrected chi connectivity index (χ1v) is 8.11. The molecule has 1 aromatic carbocycles. The summed E-state index contributed by atoms with van der Waals surface area (Å²) in [5.41, 5.74) is 2.73. The largest absolute Gasteiger partial charge is 0.381 e. The molecule has 1 aromatic heterocycles. The maximum absolute atomic E-state index is 5.46. The van der Waals surface area contributed by atoms with Crippen molar-refractivity contribution >= 4 is 10.9 Å². The summed E-state index contributed by atoms with van der Waals surface area (Å²) in [6.07, 6.45) is 4.61. The van der Waals surface area contributed by atoms with Gasteiger partial charge in [-0.05, 0) is 41.8 Å². The highest BCUT2D eigenvalue weighted by Gasteiger charge is 2.15. The smallest absolute Gasteiger partial charge is 0.0483 e. The lowest BCUT2D eigenvalue weighted by atomic mass is 10.0. The molecule has 0 radical (unpaired) electrons. The third-order valence-corrected chi connectivity index (χ3v) is 4.35. The van der Waals surface area contributed by atoms with E-state index in [2.05, 4.69) is 54.2 Å². The average molecular weight is 286 g/mol. The van der Waals surface area contributed by atoms with Gasteiger partial charge in [-0.2, -0.15) is 0 Å². The Kier molecular flexibility index (Phi) is 4.61. The summed E-state index contributed by atoms with van der Waals surface area (Å²) in [6, 6.07) is 9.57. The zero-order valence-corrected chi connectivity index (χ0v) is 13.1. The van der Waals surface area contributed by atoms with E-state index >= 15 is 0 Å². The zero-order valence-electron chi connectivity index (χ0n) is 13.1. The second kappa shape index (κ2) is 6.63. The molecule has 0 spiro atoms. The molecule has 0 bridgehead atoms. The molecule has 2 aromatic rings. The number of hydrogen-bond donors (Lipinski definition) is 1. The normalized spacial score (nSPS) is 16.9. The summed E-state index contributed by atoms with van der Waals surface area (Å²) >= 11 is 0. The molecule has 2 heterocycles. The van der Waals surface area contributed by atoms with Crippen molar-refractivity contribution in [2.45, 2.75) is 45.8 Å². The van der Waals surface area contributed by atoms with Crippen LogP contribution in [0.1, 0.15) is 32.3 Å². The van der Waals surface area contributed by atoms with E-state index in [1.165, 1.54) is 29.3 Å². The minimum atomic E-state index is 0.523. The summed E-state index contributed by atoms with van der Waals surface area (Å²) in [4.78, 5) is 0. The van der Waals surface area contributed by atoms with Crippen LogP contribution in [-0.2, 0) is 17.8 Å². The predicted molar refractivity (Wildman–Crippen MR) is 87.5 cm³/mol. The lowest BCUT2D eigenvalue weighted by molar-refractivity contribution is 0.0616. The van der Waals surface area contributed by atoms with E-state index in [4.69, 9.17) is 4.74 Å². The molecule has 1 N–H and O–H groups in total. The Bertz CT molecular complexity index is 582. The topological polar surface area (TPSA) is 26.2 Å². The fourth-order valence-electron chi connectivity index (χ4n) is 3.03. The molecule has 1 aliphatic rings. The number of nitrogens with one attached hydrogen (secondary N) is 1. The third kappa shape index (κ3) is 3.66. The maximum Gasteiger partial charge on any atom is 0.0483 e. The fourth-order valence-corrected chi connectivity index (χ4v) is 3.03. The van der Waals surface area contributed by atoms with Gasteiger partial charge in [0.15, 0.2) is 0 Å². The molecular weight excluding hydrogens is 260 g/mol. The molecule has 0 amide bonds. The minimum Gasteiger partial charge on any atom is -0.381 e. The SMILES string of the molecule is CC(C)NCc1ccc2ccn(CC3CCOCC3)c2c1. The van der Waals surface area contributed by atoms with E-state index < -0.39 is 0 Å². The molecule has 0 saturated carbocycles. The predicted octanol–water partition coefficient (Wildman–Crippen LogP) is 3.57. The summed E-state index contributed by atoms with van der Waals surface area (Å²) < 4.78 is 7.88. The van der Waals surface area contributed by atoms with Crippen LogP contribution in [0.5, 0.6) is 0 Å². The van der Waals surface area contributed by atoms with Gasteiger partial charge in [0.2, 0.25) is 0 Å². The van der Waals surface area contributed by atoms with Crippen molar-refractivity contribution in [2.24, 2.45) is 5.92 Å². The van der Waals surface area contributed by atoms with Crippen LogP contribution in [0.15, 0.2) is 30.5 Å². The van der Waals surface area contributed by atoms with Crippen molar-refractivity contribution in [1.82, 2.24) is 9.88 Å². The van der Waals surface area contributed by atoms with Gasteiger partial charge in [0, 0.05) is 44.1 Å². The Balaban J connectivity index is 1.76. The molecule has 0 atom stereocenters. The Morgan fingerprint density at radius 1 is 1.24 bits per heavy atom. The second-order valence-corrected chi connectivity index (χ2v) is 6.45. The molecule has 1 fully saturated rings. The highest BCUT2D eigenvalue weighted by atomic mass is 16.5. The van der Waals surface area contributed by atoms with Gasteiger partial charge in [0.25, 0.3) is 0 Å². The number of benzene rings is 1. The monoisotopic (exact) mass is 286 g/mol. The van der Waals surface area contributed by atoms with Gasteiger partial charge in [-0.1, -0.05) is 26.0 Å². The number of rotatable bonds is 5. The number of hydrogen-bond acceptors (Lipinski definition) is 2. The van der Waals surface area contributed by atoms with E-state index in [0.717, 1.165) is 32.2 Å². The summed E-state index contributed by atoms with van der Waals surface area (Å²) in [5.74, 6) is 0.756. The highest BCUT2D eigenvalue weighted by molar-refractivity contribution is 5.80. The zero-order chi connectivity index (χ0) is 14.7. The molecule has 0 unspecified atom stereocenters. The van der Waals surface area contributed by atoms with Gasteiger partial charge in [-0.25, -0.2) is 0 Å². The van der Waals surface area contributed by atoms with Gasteiger partial charge in [0.1, 0.15) is 0 Å². The molecule has 0 aliphatic carbocycles. The van der Waals surface area contributed by atoms with E-state index in [1.807, 2.05) is 0 Å². The van der Waals surface area contributed by atoms with Crippen LogP contribution in [0.4, 0.5) is 0 Å². The standard InChI is InChI=1S/C18H26N2O/c1-14(2)19-12-16-3-4-17-5-8-20(18(17)11-16)13-15-6-9-21-10-7-15/h3-5,8,11,14-15,19H,6-7,9-10,12-13H2,1-2H3. The van der Waals surface area contributed by atoms with Crippen molar-refractivity contribution in [1.29, 1.82) is 0 Å². The minimum absolute atomic E-state index is 0.523. The molecule has 3 rings (SSSR count). The average Bonchev–Trinajstić information content (AvgIpc) is 2.89. The van der Waals surface area contributed by atoms with E-state index in [0.29, 0.717) is 6.04 Å². The number of aromatic nitrogens is 1. The summed E-state index contributed by atoms with van der Waals surface area (Å²) in [6.45, 7) is 8.28. The van der Waals surface area contributed by atoms with E-state index in [-0.39, 0.29) is 0 Å². The maximum atomic E-state index is 5.46. The molecule has 3 nitrogen and oxygen atoms in total. The third-order valence-electron chi connectivity index (χ3n) is 4.35. The lowest BCUT2D eigenvalue weighted by Crippen LogP contribution is -2.22. The van der Waals surface area contributed by atoms with E-state index in [9.17, 15) is 0 Å². The Morgan fingerprint density at radius 3 is 2.81 bits per heavy atom. The van der Waals surface area contributed by atoms with Crippen LogP contribution in [0.3, 0.4) is 0 Å². The molecule has 21 heavy (non-hydrogen) atoms. The van der Waals surface area contributed by atoms with Crippen molar-refractivity contribution in [3.05, 3.63) is 36.0 Å². The van der Waals surface area contributed by atoms with Crippen LogP contribution in [0.25, 0.3) is 10.9 Å². The summed E-state index contributed by atoms with van der Waals surface area (Å²) in [5, 5.41) is 4.84. The van der Waals surface area contributed by atoms with Crippen molar-refractivity contribution in [3.63, 3.8) is 0 Å². The van der Waals surface area contributed by atoms with Gasteiger partial charge in [-0.15, -0.1) is 0 Å². The van der Waals surface area contributed by atoms with Crippen LogP contribution in [0.2, 0.25) is 0 Å². The van der Waals surface area contributed by atoms with Gasteiger partial charge in [-0.3, -0.25) is 0 Å². The Hall–Kier alpha value is -1.32. The molecular formula is C18H26N2O. The van der Waals surface area contributed by atoms with Gasteiger partial charge >= 0.3 is 0 Å². The first-order valence-electron chi connectivity index (χ1n) is 8.11. The first-order chi connectivity index (χ1) is 10.2. The Morgan fingerprint density at radius 2 is 2.05 bits per heavy atom. The Labute approximate surface area is 127 Å². The molecule has 1 aliphatic heterocycles.